The minimum Gasteiger partial charge on any atom is -0.386 e. The van der Waals surface area contributed by atoms with Gasteiger partial charge in [0.05, 0.1) is 32.9 Å². The minimum absolute atomic E-state index is 0.0854. The number of rotatable bonds is 6. The van der Waals surface area contributed by atoms with E-state index in [9.17, 15) is 9.90 Å². The van der Waals surface area contributed by atoms with E-state index in [1.807, 2.05) is 24.4 Å². The summed E-state index contributed by atoms with van der Waals surface area (Å²) in [6.07, 6.45) is 5.98. The number of hydrogen-bond donors (Lipinski definition) is 1. The molecule has 3 aromatic heterocycles. The van der Waals surface area contributed by atoms with Gasteiger partial charge in [-0.1, -0.05) is 0 Å². The lowest BCUT2D eigenvalue weighted by atomic mass is 9.98. The maximum Gasteiger partial charge on any atom is 0.255 e. The number of piperidine rings is 1. The molecule has 5 rings (SSSR count). The first kappa shape index (κ1) is 22.6. The van der Waals surface area contributed by atoms with Crippen LogP contribution in [0.5, 0.6) is 0 Å². The maximum atomic E-state index is 13.2. The highest BCUT2D eigenvalue weighted by Gasteiger charge is 2.43. The van der Waals surface area contributed by atoms with Crippen molar-refractivity contribution in [2.24, 2.45) is 0 Å². The van der Waals surface area contributed by atoms with Gasteiger partial charge in [0, 0.05) is 42.9 Å². The van der Waals surface area contributed by atoms with Gasteiger partial charge in [-0.2, -0.15) is 0 Å². The van der Waals surface area contributed by atoms with Crippen LogP contribution in [0.2, 0.25) is 0 Å². The molecule has 0 aliphatic carbocycles. The van der Waals surface area contributed by atoms with E-state index in [2.05, 4.69) is 14.9 Å². The third kappa shape index (κ3) is 4.47. The van der Waals surface area contributed by atoms with E-state index in [0.717, 1.165) is 52.6 Å². The molecule has 2 fully saturated rings. The molecule has 0 aromatic carbocycles. The topological polar surface area (TPSA) is 88.4 Å². The number of hydrogen-bond acceptors (Lipinski definition) is 8. The van der Waals surface area contributed by atoms with Crippen molar-refractivity contribution in [2.45, 2.75) is 70.2 Å². The van der Waals surface area contributed by atoms with Gasteiger partial charge < -0.3 is 14.7 Å². The lowest BCUT2D eigenvalue weighted by molar-refractivity contribution is 0.00820. The second-order valence-corrected chi connectivity index (χ2v) is 10.9. The number of fused-ring (bicyclic) bond motifs is 2. The van der Waals surface area contributed by atoms with Crippen molar-refractivity contribution in [1.29, 1.82) is 0 Å². The van der Waals surface area contributed by atoms with Crippen molar-refractivity contribution < 1.29 is 14.6 Å². The molecule has 2 saturated heterocycles. The molecule has 0 radical (unpaired) electrons. The first-order valence-corrected chi connectivity index (χ1v) is 13.0. The Morgan fingerprint density at radius 1 is 1.27 bits per heavy atom. The molecular weight excluding hydrogens is 456 g/mol. The Labute approximate surface area is 201 Å². The van der Waals surface area contributed by atoms with Crippen LogP contribution in [-0.4, -0.2) is 56.2 Å². The van der Waals surface area contributed by atoms with E-state index in [4.69, 9.17) is 9.72 Å². The Morgan fingerprint density at radius 3 is 2.64 bits per heavy atom. The van der Waals surface area contributed by atoms with Crippen molar-refractivity contribution in [2.75, 3.05) is 7.11 Å². The molecule has 3 aromatic rings. The lowest BCUT2D eigenvalue weighted by Crippen LogP contribution is -2.48. The number of nitrogens with zero attached hydrogens (tertiary/aromatic N) is 4. The van der Waals surface area contributed by atoms with E-state index in [-0.39, 0.29) is 24.1 Å². The van der Waals surface area contributed by atoms with Gasteiger partial charge >= 0.3 is 0 Å². The van der Waals surface area contributed by atoms with Crippen LogP contribution in [0.1, 0.15) is 70.5 Å². The minimum atomic E-state index is -0.576. The molecule has 0 saturated carbocycles. The van der Waals surface area contributed by atoms with Gasteiger partial charge in [-0.25, -0.2) is 9.97 Å². The number of aliphatic hydroxyl groups excluding tert-OH is 1. The number of carbonyl (C=O) groups excluding carboxylic acids is 1. The Balaban J connectivity index is 1.26. The first-order chi connectivity index (χ1) is 15.9. The smallest absolute Gasteiger partial charge is 0.255 e. The summed E-state index contributed by atoms with van der Waals surface area (Å²) in [5.74, 6) is 0.0854. The molecule has 2 aliphatic rings. The average molecular weight is 485 g/mol. The van der Waals surface area contributed by atoms with Crippen molar-refractivity contribution in [1.82, 2.24) is 19.9 Å². The van der Waals surface area contributed by atoms with Crippen LogP contribution in [0.15, 0.2) is 23.7 Å². The van der Waals surface area contributed by atoms with Crippen LogP contribution in [-0.2, 0) is 11.2 Å². The summed E-state index contributed by atoms with van der Waals surface area (Å²) in [6, 6.07) is 4.38. The lowest BCUT2D eigenvalue weighted by Gasteiger charge is -2.38. The van der Waals surface area contributed by atoms with Crippen LogP contribution in [0.25, 0.3) is 10.6 Å². The normalized spacial score (nSPS) is 23.2. The highest BCUT2D eigenvalue weighted by Crippen LogP contribution is 2.38. The fourth-order valence-electron chi connectivity index (χ4n) is 4.94. The summed E-state index contributed by atoms with van der Waals surface area (Å²) < 4.78 is 5.56. The third-order valence-corrected chi connectivity index (χ3v) is 8.82. The standard InChI is InChI=1S/C24H28N4O3S2/c1-13-22(33-23(26-13)14(2)29)20-12-32-21(27-20)8-16-5-4-15(11-25-16)24(30)28-17-6-7-18(28)10-19(9-17)31-3/h4-5,11-12,14,17-19,29H,6-10H2,1-3H3/t14?,17-,18+,19?. The van der Waals surface area contributed by atoms with Crippen molar-refractivity contribution in [3.8, 4) is 10.6 Å². The quantitative estimate of drug-likeness (QED) is 0.558. The molecule has 1 amide bonds. The van der Waals surface area contributed by atoms with Crippen molar-refractivity contribution >= 4 is 28.6 Å². The molecule has 174 valence electrons. The molecule has 1 N–H and O–H groups in total. The van der Waals surface area contributed by atoms with E-state index < -0.39 is 6.10 Å². The van der Waals surface area contributed by atoms with Crippen molar-refractivity contribution in [3.05, 3.63) is 50.7 Å². The Bertz CT molecular complexity index is 1130. The van der Waals surface area contributed by atoms with E-state index in [1.54, 1.807) is 31.6 Å². The van der Waals surface area contributed by atoms with E-state index >= 15 is 0 Å². The van der Waals surface area contributed by atoms with Gasteiger partial charge in [-0.15, -0.1) is 22.7 Å². The number of aromatic nitrogens is 3. The van der Waals surface area contributed by atoms with Gasteiger partial charge in [-0.3, -0.25) is 9.78 Å². The number of methoxy groups -OCH3 is 1. The second kappa shape index (κ2) is 9.21. The van der Waals surface area contributed by atoms with Crippen LogP contribution in [0.3, 0.4) is 0 Å². The van der Waals surface area contributed by atoms with Gasteiger partial charge in [0.2, 0.25) is 0 Å². The zero-order valence-electron chi connectivity index (χ0n) is 19.0. The number of carbonyl (C=O) groups is 1. The summed E-state index contributed by atoms with van der Waals surface area (Å²) in [5.41, 5.74) is 3.31. The second-order valence-electron chi connectivity index (χ2n) is 8.91. The predicted molar refractivity (Wildman–Crippen MR) is 129 cm³/mol. The molecule has 2 unspecified atom stereocenters. The van der Waals surface area contributed by atoms with Gasteiger partial charge in [0.15, 0.2) is 0 Å². The molecule has 5 heterocycles. The van der Waals surface area contributed by atoms with Crippen LogP contribution in [0.4, 0.5) is 0 Å². The molecule has 4 atom stereocenters. The SMILES string of the molecule is COC1C[C@H]2CC[C@@H](C1)N2C(=O)c1ccc(Cc2nc(-c3sc(C(C)O)nc3C)cs2)nc1. The zero-order valence-corrected chi connectivity index (χ0v) is 20.7. The number of aliphatic hydroxyl groups is 1. The Morgan fingerprint density at radius 2 is 2.03 bits per heavy atom. The van der Waals surface area contributed by atoms with Crippen LogP contribution < -0.4 is 0 Å². The van der Waals surface area contributed by atoms with Gasteiger partial charge in [0.25, 0.3) is 5.91 Å². The molecular formula is C24H28N4O3S2. The van der Waals surface area contributed by atoms with Gasteiger partial charge in [-0.05, 0) is 51.7 Å². The summed E-state index contributed by atoms with van der Waals surface area (Å²) in [5, 5.41) is 13.5. The summed E-state index contributed by atoms with van der Waals surface area (Å²) in [6.45, 7) is 3.67. The highest BCUT2D eigenvalue weighted by molar-refractivity contribution is 7.16. The number of pyridine rings is 1. The molecule has 9 heteroatoms. The van der Waals surface area contributed by atoms with Crippen LogP contribution in [0, 0.1) is 6.92 Å². The average Bonchev–Trinajstić information content (AvgIpc) is 3.49. The fourth-order valence-corrected chi connectivity index (χ4v) is 6.78. The number of ether oxygens (including phenoxy) is 1. The summed E-state index contributed by atoms with van der Waals surface area (Å²) in [7, 11) is 1.76. The summed E-state index contributed by atoms with van der Waals surface area (Å²) >= 11 is 3.07. The van der Waals surface area contributed by atoms with Crippen LogP contribution >= 0.6 is 22.7 Å². The Kier molecular flexibility index (Phi) is 6.30. The predicted octanol–water partition coefficient (Wildman–Crippen LogP) is 4.40. The molecule has 2 bridgehead atoms. The number of aryl methyl sites for hydroxylation is 1. The fraction of sp³-hybridized carbons (Fsp3) is 0.500. The monoisotopic (exact) mass is 484 g/mol. The summed E-state index contributed by atoms with van der Waals surface area (Å²) in [4.78, 5) is 30.0. The van der Waals surface area contributed by atoms with Gasteiger partial charge in [0.1, 0.15) is 11.1 Å². The molecule has 2 aliphatic heterocycles. The number of thiazole rings is 2. The first-order valence-electron chi connectivity index (χ1n) is 11.3. The van der Waals surface area contributed by atoms with E-state index in [1.165, 1.54) is 11.3 Å². The molecule has 33 heavy (non-hydrogen) atoms. The molecule has 7 nitrogen and oxygen atoms in total. The maximum absolute atomic E-state index is 13.2. The zero-order chi connectivity index (χ0) is 23.1. The van der Waals surface area contributed by atoms with E-state index in [0.29, 0.717) is 17.0 Å². The largest absolute Gasteiger partial charge is 0.386 e. The molecule has 0 spiro atoms. The third-order valence-electron chi connectivity index (χ3n) is 6.62. The number of amides is 1. The Hall–Kier alpha value is -2.20. The van der Waals surface area contributed by atoms with Crippen molar-refractivity contribution in [3.63, 3.8) is 0 Å². The highest BCUT2D eigenvalue weighted by atomic mass is 32.1.